The summed E-state index contributed by atoms with van der Waals surface area (Å²) in [4.78, 5) is 1.18. The largest absolute Gasteiger partial charge is 0.399 e. The molecule has 0 amide bonds. The maximum Gasteiger partial charge on any atom is 0.0499 e. The van der Waals surface area contributed by atoms with Crippen LogP contribution >= 0.6 is 27.3 Å². The van der Waals surface area contributed by atoms with Crippen molar-refractivity contribution in [2.45, 2.75) is 6.92 Å². The first kappa shape index (κ1) is 11.4. The maximum atomic E-state index is 5.87. The Morgan fingerprint density at radius 2 is 2.19 bits per heavy atom. The second-order valence-corrected chi connectivity index (χ2v) is 5.37. The summed E-state index contributed by atoms with van der Waals surface area (Å²) >= 11 is 5.27. The second kappa shape index (κ2) is 4.44. The van der Waals surface area contributed by atoms with Crippen LogP contribution in [0.1, 0.15) is 17.4 Å². The number of halogens is 1. The predicted octanol–water partition coefficient (Wildman–Crippen LogP) is 4.92. The lowest BCUT2D eigenvalue weighted by atomic mass is 10.1. The predicted molar refractivity (Wildman–Crippen MR) is 78.7 cm³/mol. The van der Waals surface area contributed by atoms with Crippen LogP contribution in [-0.4, -0.2) is 0 Å². The SMILES string of the molecule is C=Cc1sc2c(Br)cc(N)cc2c1/C=C\C. The molecule has 0 unspecified atom stereocenters. The zero-order valence-electron chi connectivity index (χ0n) is 8.96. The lowest BCUT2D eigenvalue weighted by molar-refractivity contribution is 1.72. The van der Waals surface area contributed by atoms with E-state index in [-0.39, 0.29) is 0 Å². The van der Waals surface area contributed by atoms with E-state index in [1.165, 1.54) is 20.5 Å². The van der Waals surface area contributed by atoms with Crippen LogP contribution in [0.4, 0.5) is 5.69 Å². The van der Waals surface area contributed by atoms with E-state index in [4.69, 9.17) is 5.73 Å². The molecule has 0 aliphatic carbocycles. The van der Waals surface area contributed by atoms with Gasteiger partial charge < -0.3 is 5.73 Å². The van der Waals surface area contributed by atoms with Gasteiger partial charge in [0.25, 0.3) is 0 Å². The zero-order chi connectivity index (χ0) is 11.7. The van der Waals surface area contributed by atoms with Gasteiger partial charge in [0, 0.05) is 30.7 Å². The van der Waals surface area contributed by atoms with E-state index >= 15 is 0 Å². The number of thiophene rings is 1. The normalized spacial score (nSPS) is 11.4. The van der Waals surface area contributed by atoms with Gasteiger partial charge in [-0.1, -0.05) is 24.8 Å². The Hall–Kier alpha value is -1.06. The van der Waals surface area contributed by atoms with Gasteiger partial charge in [0.05, 0.1) is 0 Å². The van der Waals surface area contributed by atoms with Crippen molar-refractivity contribution in [3.05, 3.63) is 39.7 Å². The van der Waals surface area contributed by atoms with Gasteiger partial charge in [0.1, 0.15) is 0 Å². The number of benzene rings is 1. The molecule has 0 saturated carbocycles. The fourth-order valence-electron chi connectivity index (χ4n) is 1.71. The molecular formula is C13H12BrNS. The molecule has 0 radical (unpaired) electrons. The summed E-state index contributed by atoms with van der Waals surface area (Å²) in [5, 5.41) is 1.19. The van der Waals surface area contributed by atoms with Crippen LogP contribution in [-0.2, 0) is 0 Å². The standard InChI is InChI=1S/C13H12BrNS/c1-3-5-9-10-6-8(15)7-11(14)13(10)16-12(9)4-2/h3-7H,2,15H2,1H3/b5-3-. The lowest BCUT2D eigenvalue weighted by Gasteiger charge is -1.98. The Morgan fingerprint density at radius 1 is 1.44 bits per heavy atom. The van der Waals surface area contributed by atoms with Crippen molar-refractivity contribution in [1.29, 1.82) is 0 Å². The topological polar surface area (TPSA) is 26.0 Å². The molecule has 1 aromatic heterocycles. The molecule has 0 spiro atoms. The Bertz CT molecular complexity index is 581. The van der Waals surface area contributed by atoms with Crippen LogP contribution in [0, 0.1) is 0 Å². The van der Waals surface area contributed by atoms with E-state index in [2.05, 4.69) is 28.6 Å². The van der Waals surface area contributed by atoms with Gasteiger partial charge in [-0.15, -0.1) is 11.3 Å². The third-order valence-corrected chi connectivity index (χ3v) is 4.49. The highest BCUT2D eigenvalue weighted by molar-refractivity contribution is 9.10. The quantitative estimate of drug-likeness (QED) is 0.781. The van der Waals surface area contributed by atoms with Gasteiger partial charge in [-0.05, 0) is 35.0 Å². The van der Waals surface area contributed by atoms with Crippen molar-refractivity contribution in [2.24, 2.45) is 0 Å². The third kappa shape index (κ3) is 1.81. The summed E-state index contributed by atoms with van der Waals surface area (Å²) in [6.45, 7) is 5.86. The highest BCUT2D eigenvalue weighted by Crippen LogP contribution is 2.39. The van der Waals surface area contributed by atoms with Crippen LogP contribution in [0.2, 0.25) is 0 Å². The van der Waals surface area contributed by atoms with E-state index in [1.54, 1.807) is 11.3 Å². The smallest absolute Gasteiger partial charge is 0.0499 e. The number of rotatable bonds is 2. The summed E-state index contributed by atoms with van der Waals surface area (Å²) < 4.78 is 2.27. The summed E-state index contributed by atoms with van der Waals surface area (Å²) in [6.07, 6.45) is 6.02. The van der Waals surface area contributed by atoms with Crippen LogP contribution < -0.4 is 5.73 Å². The average molecular weight is 294 g/mol. The van der Waals surface area contributed by atoms with Gasteiger partial charge in [-0.25, -0.2) is 0 Å². The molecule has 3 heteroatoms. The fourth-order valence-corrected chi connectivity index (χ4v) is 3.45. The summed E-state index contributed by atoms with van der Waals surface area (Å²) in [6, 6.07) is 3.95. The monoisotopic (exact) mass is 293 g/mol. The van der Waals surface area contributed by atoms with Crippen LogP contribution in [0.3, 0.4) is 0 Å². The maximum absolute atomic E-state index is 5.87. The summed E-state index contributed by atoms with van der Waals surface area (Å²) in [5.41, 5.74) is 7.84. The minimum atomic E-state index is 0.776. The summed E-state index contributed by atoms with van der Waals surface area (Å²) in [5.74, 6) is 0. The van der Waals surface area contributed by atoms with Gasteiger partial charge in [-0.2, -0.15) is 0 Å². The minimum Gasteiger partial charge on any atom is -0.399 e. The molecule has 0 aliphatic rings. The van der Waals surface area contributed by atoms with Crippen LogP contribution in [0.5, 0.6) is 0 Å². The average Bonchev–Trinajstić information content (AvgIpc) is 2.58. The molecule has 0 bridgehead atoms. The van der Waals surface area contributed by atoms with Gasteiger partial charge in [0.15, 0.2) is 0 Å². The molecule has 1 nitrogen and oxygen atoms in total. The molecule has 16 heavy (non-hydrogen) atoms. The molecule has 0 fully saturated rings. The van der Waals surface area contributed by atoms with Crippen LogP contribution in [0.25, 0.3) is 22.2 Å². The first-order valence-corrected chi connectivity index (χ1v) is 6.55. The highest BCUT2D eigenvalue weighted by atomic mass is 79.9. The molecule has 2 rings (SSSR count). The molecular weight excluding hydrogens is 282 g/mol. The van der Waals surface area contributed by atoms with E-state index < -0.39 is 0 Å². The van der Waals surface area contributed by atoms with Gasteiger partial charge in [-0.3, -0.25) is 0 Å². The summed E-state index contributed by atoms with van der Waals surface area (Å²) in [7, 11) is 0. The number of hydrogen-bond donors (Lipinski definition) is 1. The lowest BCUT2D eigenvalue weighted by Crippen LogP contribution is -1.84. The van der Waals surface area contributed by atoms with Crippen molar-refractivity contribution >= 4 is 55.2 Å². The van der Waals surface area contributed by atoms with Crippen molar-refractivity contribution in [2.75, 3.05) is 5.73 Å². The second-order valence-electron chi connectivity index (χ2n) is 3.46. The third-order valence-electron chi connectivity index (χ3n) is 2.35. The van der Waals surface area contributed by atoms with Crippen molar-refractivity contribution in [3.8, 4) is 0 Å². The first-order valence-electron chi connectivity index (χ1n) is 4.94. The van der Waals surface area contributed by atoms with E-state index in [0.717, 1.165) is 10.2 Å². The zero-order valence-corrected chi connectivity index (χ0v) is 11.4. The molecule has 2 aromatic rings. The van der Waals surface area contributed by atoms with E-state index in [0.29, 0.717) is 0 Å². The molecule has 82 valence electrons. The fraction of sp³-hybridized carbons (Fsp3) is 0.0769. The van der Waals surface area contributed by atoms with Crippen LogP contribution in [0.15, 0.2) is 29.3 Å². The Kier molecular flexibility index (Phi) is 3.17. The number of hydrogen-bond acceptors (Lipinski definition) is 2. The van der Waals surface area contributed by atoms with Gasteiger partial charge >= 0.3 is 0 Å². The Morgan fingerprint density at radius 3 is 2.81 bits per heavy atom. The highest BCUT2D eigenvalue weighted by Gasteiger charge is 2.10. The van der Waals surface area contributed by atoms with Crippen molar-refractivity contribution in [1.82, 2.24) is 0 Å². The van der Waals surface area contributed by atoms with E-state index in [9.17, 15) is 0 Å². The van der Waals surface area contributed by atoms with Gasteiger partial charge in [0.2, 0.25) is 0 Å². The molecule has 1 aromatic carbocycles. The number of anilines is 1. The molecule has 2 N–H and O–H groups in total. The molecule has 1 heterocycles. The molecule has 0 aliphatic heterocycles. The number of fused-ring (bicyclic) bond motifs is 1. The number of nitrogens with two attached hydrogens (primary N) is 1. The minimum absolute atomic E-state index is 0.776. The Labute approximate surface area is 107 Å². The first-order chi connectivity index (χ1) is 7.67. The molecule has 0 atom stereocenters. The molecule has 0 saturated heterocycles. The van der Waals surface area contributed by atoms with Crippen molar-refractivity contribution < 1.29 is 0 Å². The Balaban J connectivity index is 2.89. The van der Waals surface area contributed by atoms with Crippen molar-refractivity contribution in [3.63, 3.8) is 0 Å². The van der Waals surface area contributed by atoms with E-state index in [1.807, 2.05) is 31.2 Å². The number of allylic oxidation sites excluding steroid dienone is 1. The number of nitrogen functional groups attached to an aromatic ring is 1.